The summed E-state index contributed by atoms with van der Waals surface area (Å²) in [5.74, 6) is -0.0316. The van der Waals surface area contributed by atoms with Gasteiger partial charge < -0.3 is 10.6 Å². The van der Waals surface area contributed by atoms with E-state index in [0.717, 1.165) is 0 Å². The molecule has 2 N–H and O–H groups in total. The maximum atomic E-state index is 11.7. The lowest BCUT2D eigenvalue weighted by Crippen LogP contribution is -2.57. The van der Waals surface area contributed by atoms with Crippen LogP contribution in [0.15, 0.2) is 18.3 Å². The van der Waals surface area contributed by atoms with Crippen molar-refractivity contribution in [1.29, 1.82) is 0 Å². The summed E-state index contributed by atoms with van der Waals surface area (Å²) < 4.78 is 0. The van der Waals surface area contributed by atoms with E-state index >= 15 is 0 Å². The first-order chi connectivity index (χ1) is 6.66. The molecule has 1 fully saturated rings. The number of pyridine rings is 1. The topological polar surface area (TPSA) is 59.2 Å². The molecule has 0 spiro atoms. The molecule has 0 radical (unpaired) electrons. The molecule has 0 aromatic carbocycles. The number of amides is 1. The van der Waals surface area contributed by atoms with Crippen molar-refractivity contribution in [1.82, 2.24) is 9.88 Å². The molecule has 0 atom stereocenters. The van der Waals surface area contributed by atoms with Gasteiger partial charge in [-0.05, 0) is 12.1 Å². The molecule has 1 aliphatic rings. The summed E-state index contributed by atoms with van der Waals surface area (Å²) in [5.41, 5.74) is 6.13. The average Bonchev–Trinajstić information content (AvgIpc) is 2.13. The van der Waals surface area contributed by atoms with Crippen LogP contribution in [0.3, 0.4) is 0 Å². The number of carbonyl (C=O) groups excluding carboxylic acids is 1. The maximum absolute atomic E-state index is 11.7. The zero-order valence-electron chi connectivity index (χ0n) is 7.48. The highest BCUT2D eigenvalue weighted by atomic mass is 35.5. The summed E-state index contributed by atoms with van der Waals surface area (Å²) in [4.78, 5) is 17.2. The molecule has 1 aromatic rings. The van der Waals surface area contributed by atoms with Gasteiger partial charge in [-0.3, -0.25) is 4.79 Å². The predicted molar refractivity (Wildman–Crippen MR) is 53.1 cm³/mol. The van der Waals surface area contributed by atoms with Gasteiger partial charge in [0, 0.05) is 25.3 Å². The van der Waals surface area contributed by atoms with Gasteiger partial charge in [-0.25, -0.2) is 4.98 Å². The highest BCUT2D eigenvalue weighted by molar-refractivity contribution is 6.29. The number of rotatable bonds is 1. The van der Waals surface area contributed by atoms with Gasteiger partial charge in [-0.1, -0.05) is 11.6 Å². The number of nitrogens with two attached hydrogens (primary N) is 1. The first-order valence-corrected chi connectivity index (χ1v) is 4.71. The van der Waals surface area contributed by atoms with Crippen molar-refractivity contribution in [2.24, 2.45) is 5.73 Å². The van der Waals surface area contributed by atoms with E-state index in [-0.39, 0.29) is 11.9 Å². The smallest absolute Gasteiger partial charge is 0.255 e. The Kier molecular flexibility index (Phi) is 2.39. The minimum atomic E-state index is -0.0316. The van der Waals surface area contributed by atoms with Crippen LogP contribution in [0.1, 0.15) is 10.4 Å². The van der Waals surface area contributed by atoms with Gasteiger partial charge in [0.2, 0.25) is 0 Å². The van der Waals surface area contributed by atoms with Gasteiger partial charge in [0.1, 0.15) is 5.15 Å². The van der Waals surface area contributed by atoms with E-state index in [1.165, 1.54) is 6.20 Å². The normalized spacial score (nSPS) is 16.6. The van der Waals surface area contributed by atoms with Crippen LogP contribution >= 0.6 is 11.6 Å². The molecule has 5 heteroatoms. The van der Waals surface area contributed by atoms with Crippen LogP contribution in [0.25, 0.3) is 0 Å². The molecule has 0 bridgehead atoms. The largest absolute Gasteiger partial charge is 0.335 e. The summed E-state index contributed by atoms with van der Waals surface area (Å²) >= 11 is 5.61. The van der Waals surface area contributed by atoms with Gasteiger partial charge in [0.15, 0.2) is 0 Å². The average molecular weight is 212 g/mol. The summed E-state index contributed by atoms with van der Waals surface area (Å²) in [6.07, 6.45) is 1.48. The number of halogens is 1. The quantitative estimate of drug-likeness (QED) is 0.689. The zero-order chi connectivity index (χ0) is 10.1. The van der Waals surface area contributed by atoms with Crippen molar-refractivity contribution in [2.45, 2.75) is 6.04 Å². The first kappa shape index (κ1) is 9.43. The molecule has 2 heterocycles. The summed E-state index contributed by atoms with van der Waals surface area (Å²) in [5, 5.41) is 0.391. The van der Waals surface area contributed by atoms with Crippen LogP contribution in [0.4, 0.5) is 0 Å². The highest BCUT2D eigenvalue weighted by Crippen LogP contribution is 2.12. The number of nitrogens with zero attached hydrogens (tertiary/aromatic N) is 2. The number of carbonyl (C=O) groups is 1. The standard InChI is InChI=1S/C9H10ClN3O/c10-8-2-1-6(3-12-8)9(14)13-4-7(11)5-13/h1-3,7H,4-5,11H2. The Morgan fingerprint density at radius 1 is 1.57 bits per heavy atom. The summed E-state index contributed by atoms with van der Waals surface area (Å²) in [7, 11) is 0. The Bertz CT molecular complexity index is 346. The van der Waals surface area contributed by atoms with Crippen LogP contribution < -0.4 is 5.73 Å². The minimum absolute atomic E-state index is 0.0316. The molecule has 1 aliphatic heterocycles. The third kappa shape index (κ3) is 1.71. The Morgan fingerprint density at radius 3 is 2.79 bits per heavy atom. The van der Waals surface area contributed by atoms with Gasteiger partial charge in [-0.2, -0.15) is 0 Å². The van der Waals surface area contributed by atoms with E-state index in [1.54, 1.807) is 17.0 Å². The SMILES string of the molecule is NC1CN(C(=O)c2ccc(Cl)nc2)C1. The Balaban J connectivity index is 2.08. The molecule has 0 aliphatic carbocycles. The third-order valence-electron chi connectivity index (χ3n) is 2.17. The van der Waals surface area contributed by atoms with Gasteiger partial charge in [0.25, 0.3) is 5.91 Å². The molecule has 14 heavy (non-hydrogen) atoms. The van der Waals surface area contributed by atoms with Gasteiger partial charge in [0.05, 0.1) is 5.56 Å². The molecule has 74 valence electrons. The fraction of sp³-hybridized carbons (Fsp3) is 0.333. The highest BCUT2D eigenvalue weighted by Gasteiger charge is 2.28. The molecule has 0 unspecified atom stereocenters. The van der Waals surface area contributed by atoms with Crippen LogP contribution in [-0.2, 0) is 0 Å². The van der Waals surface area contributed by atoms with Crippen LogP contribution in [0.2, 0.25) is 5.15 Å². The van der Waals surface area contributed by atoms with E-state index < -0.39 is 0 Å². The van der Waals surface area contributed by atoms with Crippen LogP contribution in [0.5, 0.6) is 0 Å². The van der Waals surface area contributed by atoms with E-state index in [0.29, 0.717) is 23.8 Å². The lowest BCUT2D eigenvalue weighted by Gasteiger charge is -2.36. The van der Waals surface area contributed by atoms with Gasteiger partial charge >= 0.3 is 0 Å². The Morgan fingerprint density at radius 2 is 2.29 bits per heavy atom. The van der Waals surface area contributed by atoms with Crippen molar-refractivity contribution in [2.75, 3.05) is 13.1 Å². The fourth-order valence-electron chi connectivity index (χ4n) is 1.36. The lowest BCUT2D eigenvalue weighted by atomic mass is 10.1. The van der Waals surface area contributed by atoms with Crippen molar-refractivity contribution < 1.29 is 4.79 Å². The Hall–Kier alpha value is -1.13. The predicted octanol–water partition coefficient (Wildman–Crippen LogP) is 0.518. The molecular formula is C9H10ClN3O. The monoisotopic (exact) mass is 211 g/mol. The zero-order valence-corrected chi connectivity index (χ0v) is 8.24. The fourth-order valence-corrected chi connectivity index (χ4v) is 1.48. The summed E-state index contributed by atoms with van der Waals surface area (Å²) in [6.45, 7) is 1.25. The third-order valence-corrected chi connectivity index (χ3v) is 2.39. The molecule has 4 nitrogen and oxygen atoms in total. The van der Waals surface area contributed by atoms with E-state index in [1.807, 2.05) is 0 Å². The van der Waals surface area contributed by atoms with Gasteiger partial charge in [-0.15, -0.1) is 0 Å². The van der Waals surface area contributed by atoms with Crippen molar-refractivity contribution in [3.8, 4) is 0 Å². The van der Waals surface area contributed by atoms with Crippen LogP contribution in [0, 0.1) is 0 Å². The number of hydrogen-bond acceptors (Lipinski definition) is 3. The second-order valence-corrected chi connectivity index (χ2v) is 3.73. The van der Waals surface area contributed by atoms with E-state index in [4.69, 9.17) is 17.3 Å². The molecule has 0 saturated carbocycles. The molecule has 2 rings (SSSR count). The van der Waals surface area contributed by atoms with E-state index in [2.05, 4.69) is 4.98 Å². The molecule has 1 saturated heterocycles. The van der Waals surface area contributed by atoms with Crippen molar-refractivity contribution >= 4 is 17.5 Å². The van der Waals surface area contributed by atoms with Crippen molar-refractivity contribution in [3.05, 3.63) is 29.0 Å². The maximum Gasteiger partial charge on any atom is 0.255 e. The first-order valence-electron chi connectivity index (χ1n) is 4.33. The van der Waals surface area contributed by atoms with E-state index in [9.17, 15) is 4.79 Å². The number of likely N-dealkylation sites (tertiary alicyclic amines) is 1. The minimum Gasteiger partial charge on any atom is -0.335 e. The second kappa shape index (κ2) is 3.55. The number of hydrogen-bond donors (Lipinski definition) is 1. The lowest BCUT2D eigenvalue weighted by molar-refractivity contribution is 0.0607. The van der Waals surface area contributed by atoms with Crippen molar-refractivity contribution in [3.63, 3.8) is 0 Å². The Labute approximate surface area is 86.7 Å². The number of aromatic nitrogens is 1. The molecule has 1 aromatic heterocycles. The summed E-state index contributed by atoms with van der Waals surface area (Å²) in [6, 6.07) is 3.40. The molecule has 1 amide bonds. The second-order valence-electron chi connectivity index (χ2n) is 3.34. The molecular weight excluding hydrogens is 202 g/mol. The van der Waals surface area contributed by atoms with Crippen LogP contribution in [-0.4, -0.2) is 34.9 Å².